The van der Waals surface area contributed by atoms with E-state index < -0.39 is 11.4 Å². The number of para-hydroxylation sites is 1. The lowest BCUT2D eigenvalue weighted by molar-refractivity contribution is -0.158. The lowest BCUT2D eigenvalue weighted by Crippen LogP contribution is -2.67. The summed E-state index contributed by atoms with van der Waals surface area (Å²) in [5.74, 6) is 0.259. The number of piperidine rings is 3. The Morgan fingerprint density at radius 3 is 2.65 bits per heavy atom. The number of hydrogen-bond donors (Lipinski definition) is 3. The molecule has 6 aliphatic rings. The number of likely N-dealkylation sites (N-methyl/N-ethyl adjacent to an activating group) is 1. The molecule has 6 heterocycles. The number of carboxylic acid groups (broad SMARTS) is 1. The van der Waals surface area contributed by atoms with Crippen LogP contribution in [0.2, 0.25) is 0 Å². The van der Waals surface area contributed by atoms with Gasteiger partial charge in [-0.05, 0) is 93.2 Å². The number of allylic oxidation sites excluding steroid dienone is 1. The Labute approximate surface area is 299 Å². The average Bonchev–Trinajstić information content (AvgIpc) is 3.66. The predicted octanol–water partition coefficient (Wildman–Crippen LogP) is 6.40. The van der Waals surface area contributed by atoms with Crippen molar-refractivity contribution in [1.29, 1.82) is 0 Å². The van der Waals surface area contributed by atoms with E-state index in [4.69, 9.17) is 9.47 Å². The zero-order valence-electron chi connectivity index (χ0n) is 30.4. The first kappa shape index (κ1) is 32.8. The minimum absolute atomic E-state index is 0.00181. The lowest BCUT2D eigenvalue weighted by atomic mass is 9.56. The van der Waals surface area contributed by atoms with Gasteiger partial charge in [-0.25, -0.2) is 0 Å². The number of methoxy groups -OCH3 is 2. The van der Waals surface area contributed by atoms with Gasteiger partial charge in [0.1, 0.15) is 11.2 Å². The van der Waals surface area contributed by atoms with Crippen LogP contribution in [0, 0.1) is 23.7 Å². The van der Waals surface area contributed by atoms with Gasteiger partial charge in [-0.3, -0.25) is 19.4 Å². The maximum Gasteiger partial charge on any atom is 0.317 e. The van der Waals surface area contributed by atoms with Gasteiger partial charge in [0.05, 0.1) is 20.1 Å². The fraction of sp³-hybridized carbons (Fsp3) is 0.524. The van der Waals surface area contributed by atoms with Crippen molar-refractivity contribution in [3.05, 3.63) is 76.1 Å². The van der Waals surface area contributed by atoms with Crippen LogP contribution in [0.15, 0.2) is 48.0 Å². The van der Waals surface area contributed by atoms with Crippen LogP contribution in [0.3, 0.4) is 0 Å². The molecule has 4 aliphatic heterocycles. The molecule has 2 aromatic carbocycles. The molecule has 1 saturated carbocycles. The van der Waals surface area contributed by atoms with Gasteiger partial charge in [-0.1, -0.05) is 43.2 Å². The van der Waals surface area contributed by atoms with Gasteiger partial charge in [-0.15, -0.1) is 0 Å². The number of aliphatic carboxylic acids is 1. The number of carbonyl (C=O) groups is 2. The number of H-pyrrole nitrogens is 2. The molecule has 4 fully saturated rings. The fourth-order valence-corrected chi connectivity index (χ4v) is 11.9. The van der Waals surface area contributed by atoms with Crippen LogP contribution < -0.4 is 4.74 Å². The molecule has 10 rings (SSSR count). The van der Waals surface area contributed by atoms with Crippen LogP contribution in [-0.4, -0.2) is 89.8 Å². The summed E-state index contributed by atoms with van der Waals surface area (Å²) < 4.78 is 11.8. The predicted molar refractivity (Wildman–Crippen MR) is 197 cm³/mol. The van der Waals surface area contributed by atoms with Crippen LogP contribution in [0.25, 0.3) is 21.8 Å². The smallest absolute Gasteiger partial charge is 0.317 e. The second-order valence-corrected chi connectivity index (χ2v) is 16.1. The number of aromatic nitrogens is 2. The molecule has 51 heavy (non-hydrogen) atoms. The molecule has 0 spiro atoms. The van der Waals surface area contributed by atoms with Gasteiger partial charge in [-0.2, -0.15) is 0 Å². The quantitative estimate of drug-likeness (QED) is 0.164. The number of fused-ring (bicyclic) bond motifs is 9. The number of nitrogens with zero attached hydrogens (tertiary/aromatic N) is 2. The van der Waals surface area contributed by atoms with Crippen molar-refractivity contribution >= 4 is 33.7 Å². The highest BCUT2D eigenvalue weighted by Crippen LogP contribution is 2.56. The van der Waals surface area contributed by atoms with Crippen molar-refractivity contribution in [3.8, 4) is 5.75 Å². The first-order chi connectivity index (χ1) is 24.7. The minimum Gasteiger partial charge on any atom is -0.496 e. The molecule has 4 aromatic rings. The molecule has 3 saturated heterocycles. The van der Waals surface area contributed by atoms with E-state index in [1.165, 1.54) is 29.3 Å². The Kier molecular flexibility index (Phi) is 7.71. The van der Waals surface area contributed by atoms with Crippen molar-refractivity contribution in [2.45, 2.75) is 75.8 Å². The molecule has 3 N–H and O–H groups in total. The molecule has 268 valence electrons. The summed E-state index contributed by atoms with van der Waals surface area (Å²) in [4.78, 5) is 39.9. The SMILES string of the molecule is C/C=C1/CN(C)[C@H]2Cc3c([nH]c4ccccc34)[C@H](c3cc4[nH]c5c(c4cc3OC)CC[N@@]3C[C@@H]4C[C@H](CC)[C@H]3[C@@]5(C(=O)O)C4)C[C@@H]1[C@@H]2C(=O)OC. The van der Waals surface area contributed by atoms with E-state index in [0.717, 1.165) is 84.3 Å². The van der Waals surface area contributed by atoms with Crippen molar-refractivity contribution in [2.75, 3.05) is 40.9 Å². The van der Waals surface area contributed by atoms with Gasteiger partial charge in [0, 0.05) is 76.4 Å². The maximum atomic E-state index is 13.8. The number of benzene rings is 2. The van der Waals surface area contributed by atoms with E-state index >= 15 is 0 Å². The van der Waals surface area contributed by atoms with E-state index in [-0.39, 0.29) is 35.8 Å². The van der Waals surface area contributed by atoms with Crippen LogP contribution >= 0.6 is 0 Å². The molecule has 9 atom stereocenters. The molecule has 9 nitrogen and oxygen atoms in total. The number of hydrogen-bond acceptors (Lipinski definition) is 6. The summed E-state index contributed by atoms with van der Waals surface area (Å²) in [7, 11) is 5.38. The second kappa shape index (κ2) is 12.0. The summed E-state index contributed by atoms with van der Waals surface area (Å²) in [5, 5.41) is 13.4. The van der Waals surface area contributed by atoms with E-state index in [1.807, 2.05) is 0 Å². The Hall–Kier alpha value is -4.08. The van der Waals surface area contributed by atoms with Gasteiger partial charge in [0.15, 0.2) is 0 Å². The Morgan fingerprint density at radius 2 is 1.90 bits per heavy atom. The second-order valence-electron chi connectivity index (χ2n) is 16.1. The molecule has 2 aromatic heterocycles. The molecule has 0 radical (unpaired) electrons. The average molecular weight is 691 g/mol. The number of aromatic amines is 2. The number of nitrogens with one attached hydrogen (secondary N) is 2. The summed E-state index contributed by atoms with van der Waals surface area (Å²) in [5.41, 5.74) is 7.85. The number of esters is 1. The zero-order valence-corrected chi connectivity index (χ0v) is 30.4. The Bertz CT molecular complexity index is 2090. The number of carboxylic acids is 1. The number of rotatable bonds is 5. The van der Waals surface area contributed by atoms with Crippen molar-refractivity contribution in [1.82, 2.24) is 19.8 Å². The third-order valence-corrected chi connectivity index (χ3v) is 14.0. The summed E-state index contributed by atoms with van der Waals surface area (Å²) in [6.07, 6.45) is 7.23. The number of ether oxygens (including phenoxy) is 2. The highest BCUT2D eigenvalue weighted by molar-refractivity contribution is 5.93. The first-order valence-corrected chi connectivity index (χ1v) is 18.9. The molecular formula is C42H50N4O5. The Morgan fingerprint density at radius 1 is 1.08 bits per heavy atom. The molecule has 9 heteroatoms. The van der Waals surface area contributed by atoms with Crippen molar-refractivity contribution in [2.24, 2.45) is 23.7 Å². The third kappa shape index (κ3) is 4.59. The van der Waals surface area contributed by atoms with Crippen molar-refractivity contribution in [3.63, 3.8) is 0 Å². The largest absolute Gasteiger partial charge is 0.496 e. The van der Waals surface area contributed by atoms with Gasteiger partial charge in [0.25, 0.3) is 0 Å². The fourth-order valence-electron chi connectivity index (χ4n) is 11.9. The Balaban J connectivity index is 1.26. The van der Waals surface area contributed by atoms with Crippen LogP contribution in [-0.2, 0) is 32.6 Å². The summed E-state index contributed by atoms with van der Waals surface area (Å²) >= 11 is 0. The first-order valence-electron chi connectivity index (χ1n) is 18.9. The van der Waals surface area contributed by atoms with Crippen LogP contribution in [0.4, 0.5) is 0 Å². The van der Waals surface area contributed by atoms with Crippen LogP contribution in [0.1, 0.15) is 73.5 Å². The van der Waals surface area contributed by atoms with Gasteiger partial charge in [0.2, 0.25) is 0 Å². The van der Waals surface area contributed by atoms with E-state index in [9.17, 15) is 14.7 Å². The summed E-state index contributed by atoms with van der Waals surface area (Å²) in [6, 6.07) is 12.9. The molecule has 0 unspecified atom stereocenters. The highest BCUT2D eigenvalue weighted by atomic mass is 16.5. The van der Waals surface area contributed by atoms with Crippen molar-refractivity contribution < 1.29 is 24.2 Å². The monoisotopic (exact) mass is 690 g/mol. The normalized spacial score (nSPS) is 33.7. The van der Waals surface area contributed by atoms with Gasteiger partial charge < -0.3 is 24.5 Å². The zero-order chi connectivity index (χ0) is 35.3. The number of likely N-dealkylation sites (tertiary alicyclic amines) is 1. The lowest BCUT2D eigenvalue weighted by Gasteiger charge is -2.57. The van der Waals surface area contributed by atoms with E-state index in [1.54, 1.807) is 7.11 Å². The molecule has 2 aliphatic carbocycles. The van der Waals surface area contributed by atoms with E-state index in [2.05, 4.69) is 83.1 Å². The van der Waals surface area contributed by atoms with Crippen LogP contribution in [0.5, 0.6) is 5.75 Å². The number of carbonyl (C=O) groups excluding carboxylic acids is 1. The minimum atomic E-state index is -0.956. The molecule has 6 bridgehead atoms. The topological polar surface area (TPSA) is 111 Å². The van der Waals surface area contributed by atoms with Gasteiger partial charge >= 0.3 is 11.9 Å². The maximum absolute atomic E-state index is 13.8. The standard InChI is InChI=1S/C42H50N4O5/c1-6-23-14-22-19-42(41(48)49)38-26(12-13-46(20-22)39(23)42)28-18-35(50-4)29(16-33(28)44-38)30-15-27-24(7-2)21-45(3)34(36(27)40(47)51-5)17-31-25-10-8-9-11-32(25)43-37(30)31/h7-11,16,18,22-23,27,30,34,36,39,43-44H,6,12-15,17,19-21H2,1-5H3,(H,48,49)/b24-7-/t22-,23+,27+,30+,34+,36+,39+,42-/m1/s1. The third-order valence-electron chi connectivity index (χ3n) is 14.0. The highest BCUT2D eigenvalue weighted by Gasteiger charge is 2.62. The molecular weight excluding hydrogens is 640 g/mol. The molecule has 0 amide bonds. The van der Waals surface area contributed by atoms with E-state index in [0.29, 0.717) is 24.7 Å². The summed E-state index contributed by atoms with van der Waals surface area (Å²) in [6.45, 7) is 6.98.